The summed E-state index contributed by atoms with van der Waals surface area (Å²) in [5.74, 6) is 0. The molecule has 1 aliphatic rings. The third kappa shape index (κ3) is 3.22. The predicted molar refractivity (Wildman–Crippen MR) is 42.1 cm³/mol. The Hall–Kier alpha value is 0.0949. The molecule has 1 aliphatic heterocycles. The van der Waals surface area contributed by atoms with Crippen LogP contribution in [0, 0.1) is 0 Å². The molecular formula is C4H10BN2O4P. The van der Waals surface area contributed by atoms with Gasteiger partial charge in [0.15, 0.2) is 0 Å². The van der Waals surface area contributed by atoms with Crippen molar-refractivity contribution in [2.24, 2.45) is 5.50 Å². The van der Waals surface area contributed by atoms with E-state index in [0.29, 0.717) is 26.3 Å². The van der Waals surface area contributed by atoms with Crippen LogP contribution in [0.25, 0.3) is 0 Å². The van der Waals surface area contributed by atoms with E-state index in [-0.39, 0.29) is 0 Å². The summed E-state index contributed by atoms with van der Waals surface area (Å²) in [5, 5.41) is 1.41. The van der Waals surface area contributed by atoms with Gasteiger partial charge in [0.25, 0.3) is 8.05 Å². The van der Waals surface area contributed by atoms with Gasteiger partial charge in [0.2, 0.25) is 0 Å². The summed E-state index contributed by atoms with van der Waals surface area (Å²) in [5.41, 5.74) is 5.05. The van der Waals surface area contributed by atoms with Crippen LogP contribution >= 0.6 is 7.75 Å². The van der Waals surface area contributed by atoms with E-state index in [4.69, 9.17) is 14.9 Å². The molecule has 6 nitrogen and oxygen atoms in total. The molecule has 1 heterocycles. The zero-order valence-electron chi connectivity index (χ0n) is 6.51. The average Bonchev–Trinajstić information content (AvgIpc) is 2.06. The van der Waals surface area contributed by atoms with Gasteiger partial charge in [0, 0.05) is 13.1 Å². The van der Waals surface area contributed by atoms with Crippen molar-refractivity contribution in [3.05, 3.63) is 0 Å². The Labute approximate surface area is 71.9 Å². The quantitative estimate of drug-likeness (QED) is 0.476. The maximum Gasteiger partial charge on any atom is 0.404 e. The minimum Gasteiger partial charge on any atom is -0.379 e. The van der Waals surface area contributed by atoms with Crippen molar-refractivity contribution >= 4 is 15.8 Å². The lowest BCUT2D eigenvalue weighted by Gasteiger charge is -2.27. The molecule has 1 unspecified atom stereocenters. The van der Waals surface area contributed by atoms with E-state index < -0.39 is 7.75 Å². The molecule has 0 aromatic carbocycles. The number of ether oxygens (including phenoxy) is 1. The van der Waals surface area contributed by atoms with Gasteiger partial charge in [-0.05, 0) is 0 Å². The normalized spacial score (nSPS) is 25.1. The van der Waals surface area contributed by atoms with Crippen molar-refractivity contribution in [3.8, 4) is 0 Å². The van der Waals surface area contributed by atoms with Crippen LogP contribution in [0.1, 0.15) is 0 Å². The summed E-state index contributed by atoms with van der Waals surface area (Å²) in [4.78, 5) is 0. The average molecular weight is 192 g/mol. The molecule has 0 bridgehead atoms. The Morgan fingerprint density at radius 2 is 2.08 bits per heavy atom. The van der Waals surface area contributed by atoms with Gasteiger partial charge in [0.05, 0.1) is 13.2 Å². The minimum atomic E-state index is -3.59. The number of nitrogens with two attached hydrogens (primary N) is 1. The second-order valence-corrected chi connectivity index (χ2v) is 3.72. The lowest BCUT2D eigenvalue weighted by atomic mass is 10.5. The molecule has 0 saturated carbocycles. The van der Waals surface area contributed by atoms with E-state index >= 15 is 0 Å². The van der Waals surface area contributed by atoms with E-state index in [9.17, 15) is 4.57 Å². The van der Waals surface area contributed by atoms with Crippen LogP contribution in [-0.4, -0.2) is 39.4 Å². The third-order valence-corrected chi connectivity index (χ3v) is 2.10. The van der Waals surface area contributed by atoms with Crippen LogP contribution in [0.4, 0.5) is 0 Å². The Bertz CT molecular complexity index is 186. The van der Waals surface area contributed by atoms with E-state index in [2.05, 4.69) is 12.5 Å². The number of rotatable bonds is 3. The molecule has 1 atom stereocenters. The first kappa shape index (κ1) is 10.2. The minimum absolute atomic E-state index is 0.505. The largest absolute Gasteiger partial charge is 0.404 e. The molecule has 2 N–H and O–H groups in total. The summed E-state index contributed by atoms with van der Waals surface area (Å²) >= 11 is 0. The SMILES string of the molecule is [B]OP(N)(=O)ON1CCOCC1. The van der Waals surface area contributed by atoms with Crippen molar-refractivity contribution in [3.63, 3.8) is 0 Å². The lowest BCUT2D eigenvalue weighted by molar-refractivity contribution is -0.122. The van der Waals surface area contributed by atoms with Crippen LogP contribution in [-0.2, 0) is 18.4 Å². The number of hydrogen-bond donors (Lipinski definition) is 1. The first-order chi connectivity index (χ1) is 5.64. The number of hydroxylamine groups is 2. The Morgan fingerprint density at radius 1 is 1.50 bits per heavy atom. The molecule has 68 valence electrons. The lowest BCUT2D eigenvalue weighted by Crippen LogP contribution is -2.36. The molecule has 0 amide bonds. The van der Waals surface area contributed by atoms with Gasteiger partial charge >= 0.3 is 7.75 Å². The van der Waals surface area contributed by atoms with Crippen molar-refractivity contribution in [2.75, 3.05) is 26.3 Å². The van der Waals surface area contributed by atoms with E-state index in [1.807, 2.05) is 0 Å². The molecule has 0 spiro atoms. The number of hydrogen-bond acceptors (Lipinski definition) is 5. The maximum atomic E-state index is 11.0. The monoisotopic (exact) mass is 192 g/mol. The topological polar surface area (TPSA) is 74.0 Å². The van der Waals surface area contributed by atoms with Gasteiger partial charge in [0.1, 0.15) is 0 Å². The van der Waals surface area contributed by atoms with Gasteiger partial charge in [-0.15, -0.1) is 0 Å². The van der Waals surface area contributed by atoms with Crippen molar-refractivity contribution in [2.45, 2.75) is 0 Å². The number of nitrogens with zero attached hydrogens (tertiary/aromatic N) is 1. The second kappa shape index (κ2) is 4.36. The molecule has 8 heteroatoms. The van der Waals surface area contributed by atoms with Crippen LogP contribution in [0.15, 0.2) is 0 Å². The summed E-state index contributed by atoms with van der Waals surface area (Å²) in [6.07, 6.45) is 0. The van der Waals surface area contributed by atoms with Crippen molar-refractivity contribution in [1.29, 1.82) is 0 Å². The van der Waals surface area contributed by atoms with Crippen molar-refractivity contribution in [1.82, 2.24) is 5.06 Å². The standard InChI is InChI=1S/C4H10BN2O4P/c5-10-12(6,8)11-7-1-3-9-4-2-7/h1-4H2,(H2,6,8). The highest BCUT2D eigenvalue weighted by Gasteiger charge is 2.22. The van der Waals surface area contributed by atoms with Crippen molar-refractivity contribution < 1.29 is 18.4 Å². The smallest absolute Gasteiger partial charge is 0.379 e. The zero-order chi connectivity index (χ0) is 9.03. The Morgan fingerprint density at radius 3 is 2.58 bits per heavy atom. The molecular weight excluding hydrogens is 182 g/mol. The van der Waals surface area contributed by atoms with Crippen LogP contribution in [0.2, 0.25) is 0 Å². The van der Waals surface area contributed by atoms with Gasteiger partial charge in [-0.2, -0.15) is 5.06 Å². The predicted octanol–water partition coefficient (Wildman–Crippen LogP) is -0.583. The first-order valence-electron chi connectivity index (χ1n) is 3.43. The fourth-order valence-corrected chi connectivity index (χ4v) is 1.33. The first-order valence-corrected chi connectivity index (χ1v) is 5.05. The third-order valence-electron chi connectivity index (χ3n) is 1.35. The summed E-state index contributed by atoms with van der Waals surface area (Å²) < 4.78 is 24.7. The molecule has 0 aliphatic carbocycles. The molecule has 2 radical (unpaired) electrons. The molecule has 1 rings (SSSR count). The molecule has 0 aromatic rings. The second-order valence-electron chi connectivity index (χ2n) is 2.27. The van der Waals surface area contributed by atoms with Crippen LogP contribution < -0.4 is 5.50 Å². The highest BCUT2D eigenvalue weighted by Crippen LogP contribution is 2.38. The Kier molecular flexibility index (Phi) is 3.70. The van der Waals surface area contributed by atoms with Gasteiger partial charge < -0.3 is 9.18 Å². The molecule has 1 fully saturated rings. The fraction of sp³-hybridized carbons (Fsp3) is 1.00. The van der Waals surface area contributed by atoms with Crippen LogP contribution in [0.5, 0.6) is 0 Å². The molecule has 0 aromatic heterocycles. The zero-order valence-corrected chi connectivity index (χ0v) is 7.40. The van der Waals surface area contributed by atoms with Gasteiger partial charge in [-0.25, -0.2) is 14.7 Å². The highest BCUT2D eigenvalue weighted by molar-refractivity contribution is 7.52. The molecule has 1 saturated heterocycles. The summed E-state index contributed by atoms with van der Waals surface area (Å²) in [6, 6.07) is 0. The Balaban J connectivity index is 2.34. The van der Waals surface area contributed by atoms with Crippen LogP contribution in [0.3, 0.4) is 0 Å². The van der Waals surface area contributed by atoms with E-state index in [1.165, 1.54) is 5.06 Å². The fourth-order valence-electron chi connectivity index (χ4n) is 0.808. The van der Waals surface area contributed by atoms with E-state index in [1.54, 1.807) is 0 Å². The maximum absolute atomic E-state index is 11.0. The molecule has 12 heavy (non-hydrogen) atoms. The van der Waals surface area contributed by atoms with E-state index in [0.717, 1.165) is 0 Å². The highest BCUT2D eigenvalue weighted by atomic mass is 31.2. The number of morpholine rings is 1. The van der Waals surface area contributed by atoms with Gasteiger partial charge in [-0.1, -0.05) is 0 Å². The summed E-state index contributed by atoms with van der Waals surface area (Å²) in [6.45, 7) is 2.05. The van der Waals surface area contributed by atoms with Gasteiger partial charge in [-0.3, -0.25) is 0 Å². The summed E-state index contributed by atoms with van der Waals surface area (Å²) in [7, 11) is 1.06.